The van der Waals surface area contributed by atoms with Crippen LogP contribution in [0.4, 0.5) is 5.69 Å². The van der Waals surface area contributed by atoms with Crippen molar-refractivity contribution >= 4 is 21.7 Å². The van der Waals surface area contributed by atoms with Crippen LogP contribution in [-0.2, 0) is 10.0 Å². The average molecular weight is 314 g/mol. The first kappa shape index (κ1) is 15.7. The Labute approximate surface area is 123 Å². The van der Waals surface area contributed by atoms with Crippen molar-refractivity contribution in [3.8, 4) is 0 Å². The van der Waals surface area contributed by atoms with E-state index < -0.39 is 21.6 Å². The number of sulfonamides is 1. The van der Waals surface area contributed by atoms with Gasteiger partial charge in [-0.25, -0.2) is 13.2 Å². The summed E-state index contributed by atoms with van der Waals surface area (Å²) in [6, 6.07) is 3.56. The number of hydrogen-bond acceptors (Lipinski definition) is 5. The van der Waals surface area contributed by atoms with Crippen LogP contribution in [0.5, 0.6) is 0 Å². The number of nitrogens with zero attached hydrogens (tertiary/aromatic N) is 1. The topological polar surface area (TPSA) is 121 Å². The van der Waals surface area contributed by atoms with Crippen LogP contribution in [-0.4, -0.2) is 47.6 Å². The number of piperidine rings is 1. The number of carbonyl (C=O) groups is 1. The number of carboxylic acid groups (broad SMARTS) is 1. The summed E-state index contributed by atoms with van der Waals surface area (Å²) < 4.78 is 26.3. The molecule has 0 atom stereocenters. The second kappa shape index (κ2) is 5.28. The lowest BCUT2D eigenvalue weighted by molar-refractivity contribution is 0.0126. The predicted molar refractivity (Wildman–Crippen MR) is 76.4 cm³/mol. The maximum Gasteiger partial charge on any atom is 0.335 e. The summed E-state index contributed by atoms with van der Waals surface area (Å²) in [5, 5.41) is 18.7. The van der Waals surface area contributed by atoms with Crippen molar-refractivity contribution in [1.29, 1.82) is 0 Å². The molecule has 1 aromatic carbocycles. The zero-order chi connectivity index (χ0) is 15.8. The first-order valence-corrected chi connectivity index (χ1v) is 7.93. The van der Waals surface area contributed by atoms with E-state index in [0.717, 1.165) is 6.07 Å². The van der Waals surface area contributed by atoms with E-state index in [4.69, 9.17) is 10.8 Å². The quantitative estimate of drug-likeness (QED) is 0.699. The zero-order valence-electron chi connectivity index (χ0n) is 11.6. The summed E-state index contributed by atoms with van der Waals surface area (Å²) >= 11 is 0. The number of carboxylic acids is 1. The van der Waals surface area contributed by atoms with Crippen molar-refractivity contribution in [1.82, 2.24) is 4.31 Å². The molecular weight excluding hydrogens is 296 g/mol. The summed E-state index contributed by atoms with van der Waals surface area (Å²) in [5.41, 5.74) is 4.68. The molecule has 1 saturated heterocycles. The molecule has 2 rings (SSSR count). The van der Waals surface area contributed by atoms with Crippen LogP contribution in [0.15, 0.2) is 23.1 Å². The number of nitrogen functional groups attached to an aromatic ring is 1. The minimum Gasteiger partial charge on any atom is -0.478 e. The van der Waals surface area contributed by atoms with Gasteiger partial charge < -0.3 is 15.9 Å². The molecule has 0 unspecified atom stereocenters. The number of aliphatic hydroxyl groups is 1. The molecule has 116 valence electrons. The van der Waals surface area contributed by atoms with Crippen LogP contribution in [0.1, 0.15) is 30.1 Å². The van der Waals surface area contributed by atoms with Crippen molar-refractivity contribution in [2.75, 3.05) is 18.8 Å². The predicted octanol–water partition coefficient (Wildman–Crippen LogP) is 0.503. The Bertz CT molecular complexity index is 659. The fraction of sp³-hybridized carbons (Fsp3) is 0.462. The van der Waals surface area contributed by atoms with Gasteiger partial charge in [0.25, 0.3) is 0 Å². The SMILES string of the molecule is CC1(O)CCN(S(=O)(=O)c2ccc(C(=O)O)cc2N)CC1. The Kier molecular flexibility index (Phi) is 3.96. The van der Waals surface area contributed by atoms with Gasteiger partial charge in [-0.2, -0.15) is 4.31 Å². The van der Waals surface area contributed by atoms with Gasteiger partial charge in [-0.3, -0.25) is 0 Å². The van der Waals surface area contributed by atoms with Gasteiger partial charge in [0.1, 0.15) is 4.90 Å². The number of aromatic carboxylic acids is 1. The molecule has 21 heavy (non-hydrogen) atoms. The molecule has 1 aliphatic heterocycles. The fourth-order valence-electron chi connectivity index (χ4n) is 2.26. The lowest BCUT2D eigenvalue weighted by Crippen LogP contribution is -2.45. The number of nitrogens with two attached hydrogens (primary N) is 1. The highest BCUT2D eigenvalue weighted by atomic mass is 32.2. The van der Waals surface area contributed by atoms with Gasteiger partial charge in [0.2, 0.25) is 10.0 Å². The Morgan fingerprint density at radius 2 is 1.90 bits per heavy atom. The summed E-state index contributed by atoms with van der Waals surface area (Å²) in [7, 11) is -3.78. The third-order valence-corrected chi connectivity index (χ3v) is 5.65. The highest BCUT2D eigenvalue weighted by Gasteiger charge is 2.34. The lowest BCUT2D eigenvalue weighted by Gasteiger charge is -2.35. The number of rotatable bonds is 3. The van der Waals surface area contributed by atoms with Crippen LogP contribution >= 0.6 is 0 Å². The third kappa shape index (κ3) is 3.17. The maximum absolute atomic E-state index is 12.5. The minimum atomic E-state index is -3.78. The van der Waals surface area contributed by atoms with Crippen LogP contribution in [0.3, 0.4) is 0 Å². The molecule has 1 fully saturated rings. The molecule has 4 N–H and O–H groups in total. The highest BCUT2D eigenvalue weighted by molar-refractivity contribution is 7.89. The molecule has 7 nitrogen and oxygen atoms in total. The Morgan fingerprint density at radius 3 is 2.38 bits per heavy atom. The molecule has 0 radical (unpaired) electrons. The number of benzene rings is 1. The van der Waals surface area contributed by atoms with Crippen LogP contribution in [0.25, 0.3) is 0 Å². The normalized spacial score (nSPS) is 19.3. The van der Waals surface area contributed by atoms with E-state index in [9.17, 15) is 18.3 Å². The Balaban J connectivity index is 2.30. The summed E-state index contributed by atoms with van der Waals surface area (Å²) in [4.78, 5) is 10.7. The monoisotopic (exact) mass is 314 g/mol. The molecule has 0 spiro atoms. The van der Waals surface area contributed by atoms with Crippen molar-refractivity contribution < 1.29 is 23.4 Å². The molecule has 8 heteroatoms. The van der Waals surface area contributed by atoms with Crippen LogP contribution in [0, 0.1) is 0 Å². The van der Waals surface area contributed by atoms with Gasteiger partial charge >= 0.3 is 5.97 Å². The second-order valence-electron chi connectivity index (χ2n) is 5.46. The van der Waals surface area contributed by atoms with Gasteiger partial charge in [0.15, 0.2) is 0 Å². The van der Waals surface area contributed by atoms with E-state index in [1.54, 1.807) is 6.92 Å². The van der Waals surface area contributed by atoms with Crippen molar-refractivity contribution in [3.63, 3.8) is 0 Å². The molecule has 0 aliphatic carbocycles. The van der Waals surface area contributed by atoms with E-state index in [2.05, 4.69) is 0 Å². The highest BCUT2D eigenvalue weighted by Crippen LogP contribution is 2.29. The molecule has 1 aromatic rings. The molecular formula is C13H18N2O5S. The van der Waals surface area contributed by atoms with Crippen LogP contribution in [0.2, 0.25) is 0 Å². The fourth-order valence-corrected chi connectivity index (χ4v) is 3.80. The Morgan fingerprint density at radius 1 is 1.33 bits per heavy atom. The first-order valence-electron chi connectivity index (χ1n) is 6.49. The smallest absolute Gasteiger partial charge is 0.335 e. The largest absolute Gasteiger partial charge is 0.478 e. The summed E-state index contributed by atoms with van der Waals surface area (Å²) in [6.45, 7) is 2.08. The third-order valence-electron chi connectivity index (χ3n) is 3.67. The summed E-state index contributed by atoms with van der Waals surface area (Å²) in [5.74, 6) is -1.17. The maximum atomic E-state index is 12.5. The van der Waals surface area contributed by atoms with Crippen molar-refractivity contribution in [2.24, 2.45) is 0 Å². The molecule has 0 saturated carbocycles. The average Bonchev–Trinajstić information content (AvgIpc) is 2.37. The van der Waals surface area contributed by atoms with Gasteiger partial charge in [0, 0.05) is 13.1 Å². The van der Waals surface area contributed by atoms with E-state index >= 15 is 0 Å². The standard InChI is InChI=1S/C13H18N2O5S/c1-13(18)4-6-15(7-5-13)21(19,20)11-3-2-9(12(16)17)8-10(11)14/h2-3,8,18H,4-7,14H2,1H3,(H,16,17). The van der Waals surface area contributed by atoms with Gasteiger partial charge in [-0.15, -0.1) is 0 Å². The molecule has 0 bridgehead atoms. The van der Waals surface area contributed by atoms with Crippen LogP contribution < -0.4 is 5.73 Å². The first-order chi connectivity index (χ1) is 9.63. The van der Waals surface area contributed by atoms with E-state index in [1.165, 1.54) is 16.4 Å². The number of hydrogen-bond donors (Lipinski definition) is 3. The van der Waals surface area contributed by atoms with Gasteiger partial charge in [-0.1, -0.05) is 0 Å². The molecule has 1 aliphatic rings. The van der Waals surface area contributed by atoms with E-state index in [-0.39, 0.29) is 29.2 Å². The Hall–Kier alpha value is -1.64. The van der Waals surface area contributed by atoms with E-state index in [1.807, 2.05) is 0 Å². The van der Waals surface area contributed by atoms with Gasteiger partial charge in [0.05, 0.1) is 16.9 Å². The van der Waals surface area contributed by atoms with Gasteiger partial charge in [-0.05, 0) is 38.0 Å². The van der Waals surface area contributed by atoms with E-state index in [0.29, 0.717) is 12.8 Å². The minimum absolute atomic E-state index is 0.0620. The molecule has 0 aromatic heterocycles. The number of anilines is 1. The van der Waals surface area contributed by atoms with Crippen molar-refractivity contribution in [3.05, 3.63) is 23.8 Å². The lowest BCUT2D eigenvalue weighted by atomic mass is 9.95. The second-order valence-corrected chi connectivity index (χ2v) is 7.37. The molecule has 0 amide bonds. The molecule has 1 heterocycles. The summed E-state index contributed by atoms with van der Waals surface area (Å²) in [6.07, 6.45) is 0.693. The van der Waals surface area contributed by atoms with Crippen molar-refractivity contribution in [2.45, 2.75) is 30.3 Å². The zero-order valence-corrected chi connectivity index (χ0v) is 12.4.